The molecule has 3 aromatic rings. The highest BCUT2D eigenvalue weighted by Crippen LogP contribution is 2.34. The van der Waals surface area contributed by atoms with Crippen molar-refractivity contribution in [3.63, 3.8) is 0 Å². The van der Waals surface area contributed by atoms with Gasteiger partial charge in [0.1, 0.15) is 11.3 Å². The lowest BCUT2D eigenvalue weighted by atomic mass is 10.1. The van der Waals surface area contributed by atoms with E-state index in [1.165, 1.54) is 34.8 Å². The van der Waals surface area contributed by atoms with Gasteiger partial charge in [-0.25, -0.2) is 9.59 Å². The van der Waals surface area contributed by atoms with Crippen molar-refractivity contribution >= 4 is 17.1 Å². The molecule has 35 heavy (non-hydrogen) atoms. The summed E-state index contributed by atoms with van der Waals surface area (Å²) in [5.74, 6) is 0.377. The first-order chi connectivity index (χ1) is 16.8. The van der Waals surface area contributed by atoms with Gasteiger partial charge in [0.05, 0.1) is 44.0 Å². The van der Waals surface area contributed by atoms with E-state index in [0.717, 1.165) is 6.07 Å². The highest BCUT2D eigenvalue weighted by atomic mass is 19.4. The number of carbonyl (C=O) groups excluding carboxylic acids is 1. The summed E-state index contributed by atoms with van der Waals surface area (Å²) in [5, 5.41) is 0. The van der Waals surface area contributed by atoms with Gasteiger partial charge in [0, 0.05) is 13.1 Å². The third kappa shape index (κ3) is 4.24. The number of methoxy groups -OCH3 is 1. The quantitative estimate of drug-likeness (QED) is 0.545. The molecular weight excluding hydrogens is 467 g/mol. The summed E-state index contributed by atoms with van der Waals surface area (Å²) in [6.45, 7) is 1.11. The van der Waals surface area contributed by atoms with Crippen LogP contribution < -0.4 is 10.4 Å². The van der Waals surface area contributed by atoms with Crippen LogP contribution in [0.4, 0.5) is 18.0 Å². The average molecular weight is 491 g/mol. The van der Waals surface area contributed by atoms with Crippen LogP contribution in [0.3, 0.4) is 0 Å². The fourth-order valence-corrected chi connectivity index (χ4v) is 4.69. The smallest absolute Gasteiger partial charge is 0.416 e. The highest BCUT2D eigenvalue weighted by Gasteiger charge is 2.35. The fourth-order valence-electron chi connectivity index (χ4n) is 4.69. The minimum Gasteiger partial charge on any atom is -0.494 e. The zero-order valence-electron chi connectivity index (χ0n) is 19.0. The van der Waals surface area contributed by atoms with Crippen molar-refractivity contribution in [2.24, 2.45) is 0 Å². The minimum atomic E-state index is -4.56. The summed E-state index contributed by atoms with van der Waals surface area (Å²) in [4.78, 5) is 27.7. The number of fused-ring (bicyclic) bond motifs is 1. The maximum Gasteiger partial charge on any atom is 0.416 e. The second kappa shape index (κ2) is 8.95. The van der Waals surface area contributed by atoms with Gasteiger partial charge in [-0.05, 0) is 30.2 Å². The van der Waals surface area contributed by atoms with Gasteiger partial charge >= 0.3 is 18.0 Å². The molecule has 0 aliphatic carbocycles. The average Bonchev–Trinajstić information content (AvgIpc) is 3.39. The number of likely N-dealkylation sites (tertiary alicyclic amines) is 1. The molecule has 0 spiro atoms. The molecule has 1 atom stereocenters. The summed E-state index contributed by atoms with van der Waals surface area (Å²) in [6.07, 6.45) is -4.77. The van der Waals surface area contributed by atoms with E-state index in [0.29, 0.717) is 43.0 Å². The number of amides is 1. The van der Waals surface area contributed by atoms with Crippen LogP contribution >= 0.6 is 0 Å². The van der Waals surface area contributed by atoms with E-state index in [-0.39, 0.29) is 30.8 Å². The zero-order chi connectivity index (χ0) is 24.7. The van der Waals surface area contributed by atoms with E-state index in [1.807, 2.05) is 0 Å². The lowest BCUT2D eigenvalue weighted by Crippen LogP contribution is -2.42. The third-order valence-corrected chi connectivity index (χ3v) is 6.48. The van der Waals surface area contributed by atoms with Crippen LogP contribution in [0.2, 0.25) is 0 Å². The van der Waals surface area contributed by atoms with Crippen molar-refractivity contribution in [3.8, 4) is 5.75 Å². The molecular formula is C24H24F3N3O5. The van der Waals surface area contributed by atoms with Gasteiger partial charge in [-0.1, -0.05) is 24.3 Å². The first kappa shape index (κ1) is 23.3. The maximum atomic E-state index is 13.7. The van der Waals surface area contributed by atoms with Crippen molar-refractivity contribution in [3.05, 3.63) is 64.1 Å². The largest absolute Gasteiger partial charge is 0.494 e. The van der Waals surface area contributed by atoms with E-state index >= 15 is 0 Å². The number of alkyl halides is 3. The summed E-state index contributed by atoms with van der Waals surface area (Å²) in [5.41, 5.74) is -0.339. The molecule has 2 saturated heterocycles. The second-order valence-electron chi connectivity index (χ2n) is 8.65. The molecule has 8 nitrogen and oxygen atoms in total. The molecule has 1 aromatic heterocycles. The summed E-state index contributed by atoms with van der Waals surface area (Å²) in [6, 6.07) is 9.97. The summed E-state index contributed by atoms with van der Waals surface area (Å²) < 4.78 is 59.6. The molecule has 1 unspecified atom stereocenters. The lowest BCUT2D eigenvalue weighted by molar-refractivity contribution is -0.138. The normalized spacial score (nSPS) is 18.6. The fraction of sp³-hybridized carbons (Fsp3) is 0.417. The van der Waals surface area contributed by atoms with Crippen LogP contribution in [-0.4, -0.2) is 59.6 Å². The van der Waals surface area contributed by atoms with Gasteiger partial charge in [0.2, 0.25) is 0 Å². The number of imidazole rings is 1. The van der Waals surface area contributed by atoms with Crippen LogP contribution in [0.15, 0.2) is 47.3 Å². The lowest BCUT2D eigenvalue weighted by Gasteiger charge is -2.28. The predicted octanol–water partition coefficient (Wildman–Crippen LogP) is 3.66. The van der Waals surface area contributed by atoms with Gasteiger partial charge in [0.15, 0.2) is 6.10 Å². The van der Waals surface area contributed by atoms with E-state index in [4.69, 9.17) is 14.2 Å². The molecule has 5 rings (SSSR count). The van der Waals surface area contributed by atoms with Crippen molar-refractivity contribution < 1.29 is 32.2 Å². The Labute approximate surface area is 198 Å². The predicted molar refractivity (Wildman–Crippen MR) is 120 cm³/mol. The van der Waals surface area contributed by atoms with Gasteiger partial charge < -0.3 is 19.1 Å². The maximum absolute atomic E-state index is 13.7. The van der Waals surface area contributed by atoms with Crippen molar-refractivity contribution in [2.45, 2.75) is 31.3 Å². The topological polar surface area (TPSA) is 74.9 Å². The Kier molecular flexibility index (Phi) is 5.96. The van der Waals surface area contributed by atoms with Gasteiger partial charge in [-0.2, -0.15) is 13.2 Å². The zero-order valence-corrected chi connectivity index (χ0v) is 19.0. The Morgan fingerprint density at radius 3 is 2.60 bits per heavy atom. The van der Waals surface area contributed by atoms with Gasteiger partial charge in [-0.15, -0.1) is 0 Å². The van der Waals surface area contributed by atoms with E-state index in [1.54, 1.807) is 22.8 Å². The molecule has 11 heteroatoms. The summed E-state index contributed by atoms with van der Waals surface area (Å²) >= 11 is 0. The Bertz CT molecular complexity index is 1310. The molecule has 1 amide bonds. The number of ether oxygens (including phenoxy) is 3. The molecule has 3 heterocycles. The Balaban J connectivity index is 1.53. The molecule has 0 saturated carbocycles. The number of para-hydroxylation sites is 1. The number of nitrogens with zero attached hydrogens (tertiary/aromatic N) is 3. The highest BCUT2D eigenvalue weighted by molar-refractivity contribution is 5.83. The minimum absolute atomic E-state index is 0.0219. The van der Waals surface area contributed by atoms with Gasteiger partial charge in [-0.3, -0.25) is 9.13 Å². The number of rotatable bonds is 5. The first-order valence-electron chi connectivity index (χ1n) is 11.2. The van der Waals surface area contributed by atoms with Crippen molar-refractivity contribution in [2.75, 3.05) is 33.4 Å². The van der Waals surface area contributed by atoms with Crippen molar-refractivity contribution in [1.29, 1.82) is 0 Å². The first-order valence-corrected chi connectivity index (χ1v) is 11.2. The molecule has 0 N–H and O–H groups in total. The SMILES string of the molecule is COc1cccc2c1n(Cc1ccccc1C(F)(F)F)c(=O)n2C1CCN(C(=O)OC2COC2)C1. The number of halogens is 3. The van der Waals surface area contributed by atoms with Crippen LogP contribution in [0.25, 0.3) is 11.0 Å². The van der Waals surface area contributed by atoms with Gasteiger partial charge in [0.25, 0.3) is 0 Å². The van der Waals surface area contributed by atoms with Crippen LogP contribution in [0.1, 0.15) is 23.6 Å². The Morgan fingerprint density at radius 2 is 1.91 bits per heavy atom. The molecule has 2 fully saturated rings. The van der Waals surface area contributed by atoms with Crippen LogP contribution in [0.5, 0.6) is 5.75 Å². The molecule has 2 aliphatic heterocycles. The van der Waals surface area contributed by atoms with E-state index < -0.39 is 23.5 Å². The monoisotopic (exact) mass is 491 g/mol. The molecule has 2 aromatic carbocycles. The van der Waals surface area contributed by atoms with E-state index in [9.17, 15) is 22.8 Å². The number of hydrogen-bond acceptors (Lipinski definition) is 5. The second-order valence-corrected chi connectivity index (χ2v) is 8.65. The third-order valence-electron chi connectivity index (χ3n) is 6.48. The Hall–Kier alpha value is -3.47. The number of benzene rings is 2. The van der Waals surface area contributed by atoms with Crippen molar-refractivity contribution in [1.82, 2.24) is 14.0 Å². The molecule has 0 radical (unpaired) electrons. The van der Waals surface area contributed by atoms with Crippen LogP contribution in [-0.2, 0) is 22.2 Å². The number of hydrogen-bond donors (Lipinski definition) is 0. The number of aromatic nitrogens is 2. The standard InChI is InChI=1S/C24H24F3N3O5/c1-33-20-8-4-7-19-21(20)29(11-15-5-2-3-6-18(15)24(25,26)27)22(31)30(19)16-9-10-28(12-16)23(32)35-17-13-34-14-17/h2-8,16-17H,9-14H2,1H3. The van der Waals surface area contributed by atoms with E-state index in [2.05, 4.69) is 0 Å². The number of carbonyl (C=O) groups is 1. The molecule has 0 bridgehead atoms. The Morgan fingerprint density at radius 1 is 1.14 bits per heavy atom. The summed E-state index contributed by atoms with van der Waals surface area (Å²) in [7, 11) is 1.45. The molecule has 2 aliphatic rings. The van der Waals surface area contributed by atoms with Crippen LogP contribution in [0, 0.1) is 0 Å². The molecule has 186 valence electrons.